The molecule has 0 radical (unpaired) electrons. The third-order valence-corrected chi connectivity index (χ3v) is 3.72. The van der Waals surface area contributed by atoms with E-state index < -0.39 is 0 Å². The van der Waals surface area contributed by atoms with Crippen LogP contribution in [0.4, 0.5) is 0 Å². The molecule has 0 aliphatic carbocycles. The molecule has 1 heterocycles. The Labute approximate surface area is 114 Å². The minimum atomic E-state index is 0.553. The van der Waals surface area contributed by atoms with Gasteiger partial charge in [-0.2, -0.15) is 0 Å². The Balaban J connectivity index is 2.23. The molecule has 0 fully saturated rings. The minimum absolute atomic E-state index is 0.553. The molecule has 4 heteroatoms. The Kier molecular flexibility index (Phi) is 4.20. The molecule has 0 aliphatic heterocycles. The van der Waals surface area contributed by atoms with E-state index in [0.717, 1.165) is 20.8 Å². The Morgan fingerprint density at radius 3 is 2.59 bits per heavy atom. The molecule has 0 saturated carbocycles. The zero-order chi connectivity index (χ0) is 12.3. The molecule has 0 aliphatic rings. The van der Waals surface area contributed by atoms with Crippen molar-refractivity contribution in [3.63, 3.8) is 0 Å². The molecule has 0 saturated heterocycles. The van der Waals surface area contributed by atoms with Gasteiger partial charge in [0.05, 0.1) is 0 Å². The molecule has 88 valence electrons. The standard InChI is InChI=1S/C13H13BrN2S/c1-9-6-10(8-15)7-13(16-9)17-12-4-2-11(14)3-5-12/h2-7H,8,15H2,1H3. The molecule has 17 heavy (non-hydrogen) atoms. The van der Waals surface area contributed by atoms with Crippen molar-refractivity contribution in [2.45, 2.75) is 23.4 Å². The first-order valence-corrected chi connectivity index (χ1v) is 6.89. The maximum atomic E-state index is 5.66. The monoisotopic (exact) mass is 308 g/mol. The van der Waals surface area contributed by atoms with E-state index in [-0.39, 0.29) is 0 Å². The first-order chi connectivity index (χ1) is 8.17. The first-order valence-electron chi connectivity index (χ1n) is 5.28. The molecule has 2 nitrogen and oxygen atoms in total. The van der Waals surface area contributed by atoms with Crippen molar-refractivity contribution >= 4 is 27.7 Å². The average molecular weight is 309 g/mol. The van der Waals surface area contributed by atoms with Gasteiger partial charge in [0.1, 0.15) is 5.03 Å². The quantitative estimate of drug-likeness (QED) is 0.938. The van der Waals surface area contributed by atoms with Crippen molar-refractivity contribution < 1.29 is 0 Å². The van der Waals surface area contributed by atoms with Gasteiger partial charge in [-0.25, -0.2) is 4.98 Å². The summed E-state index contributed by atoms with van der Waals surface area (Å²) < 4.78 is 1.08. The van der Waals surface area contributed by atoms with Crippen LogP contribution in [0.2, 0.25) is 0 Å². The summed E-state index contributed by atoms with van der Waals surface area (Å²) in [5.74, 6) is 0. The van der Waals surface area contributed by atoms with Crippen LogP contribution in [0.3, 0.4) is 0 Å². The maximum absolute atomic E-state index is 5.66. The Hall–Kier alpha value is -0.840. The van der Waals surface area contributed by atoms with Gasteiger partial charge in [-0.05, 0) is 48.9 Å². The lowest BCUT2D eigenvalue weighted by Crippen LogP contribution is -1.98. The zero-order valence-corrected chi connectivity index (χ0v) is 11.9. The van der Waals surface area contributed by atoms with Crippen molar-refractivity contribution in [3.05, 3.63) is 52.1 Å². The molecule has 0 amide bonds. The third-order valence-electron chi connectivity index (χ3n) is 2.26. The summed E-state index contributed by atoms with van der Waals surface area (Å²) >= 11 is 5.08. The number of hydrogen-bond acceptors (Lipinski definition) is 3. The van der Waals surface area contributed by atoms with Crippen LogP contribution in [0, 0.1) is 6.92 Å². The predicted octanol–water partition coefficient (Wildman–Crippen LogP) is 3.76. The summed E-state index contributed by atoms with van der Waals surface area (Å²) in [5.41, 5.74) is 7.79. The maximum Gasteiger partial charge on any atom is 0.101 e. The van der Waals surface area contributed by atoms with Gasteiger partial charge < -0.3 is 5.73 Å². The van der Waals surface area contributed by atoms with E-state index in [9.17, 15) is 0 Å². The van der Waals surface area contributed by atoms with E-state index >= 15 is 0 Å². The summed E-state index contributed by atoms with van der Waals surface area (Å²) in [4.78, 5) is 5.67. The fraction of sp³-hybridized carbons (Fsp3) is 0.154. The van der Waals surface area contributed by atoms with E-state index in [0.29, 0.717) is 6.54 Å². The number of hydrogen-bond donors (Lipinski definition) is 1. The molecular weight excluding hydrogens is 296 g/mol. The molecule has 1 aromatic heterocycles. The highest BCUT2D eigenvalue weighted by molar-refractivity contribution is 9.10. The lowest BCUT2D eigenvalue weighted by atomic mass is 10.2. The van der Waals surface area contributed by atoms with Crippen molar-refractivity contribution in [2.24, 2.45) is 5.73 Å². The van der Waals surface area contributed by atoms with Crippen molar-refractivity contribution in [1.82, 2.24) is 4.98 Å². The largest absolute Gasteiger partial charge is 0.326 e. The topological polar surface area (TPSA) is 38.9 Å². The second-order valence-corrected chi connectivity index (χ2v) is 5.72. The lowest BCUT2D eigenvalue weighted by Gasteiger charge is -2.05. The molecule has 2 aromatic rings. The van der Waals surface area contributed by atoms with Crippen molar-refractivity contribution in [2.75, 3.05) is 0 Å². The number of pyridine rings is 1. The van der Waals surface area contributed by atoms with Crippen LogP contribution < -0.4 is 5.73 Å². The Morgan fingerprint density at radius 1 is 1.24 bits per heavy atom. The molecule has 0 bridgehead atoms. The van der Waals surface area contributed by atoms with Gasteiger partial charge in [0.25, 0.3) is 0 Å². The molecular formula is C13H13BrN2S. The Bertz CT molecular complexity index is 511. The number of halogens is 1. The van der Waals surface area contributed by atoms with Gasteiger partial charge in [-0.15, -0.1) is 0 Å². The van der Waals surface area contributed by atoms with Gasteiger partial charge in [0.15, 0.2) is 0 Å². The van der Waals surface area contributed by atoms with Gasteiger partial charge in [0.2, 0.25) is 0 Å². The summed E-state index contributed by atoms with van der Waals surface area (Å²) in [7, 11) is 0. The lowest BCUT2D eigenvalue weighted by molar-refractivity contribution is 0.987. The van der Waals surface area contributed by atoms with Crippen LogP contribution in [-0.4, -0.2) is 4.98 Å². The predicted molar refractivity (Wildman–Crippen MR) is 75.1 cm³/mol. The van der Waals surface area contributed by atoms with Crippen LogP contribution in [-0.2, 0) is 6.54 Å². The zero-order valence-electron chi connectivity index (χ0n) is 9.48. The van der Waals surface area contributed by atoms with E-state index in [4.69, 9.17) is 5.73 Å². The number of rotatable bonds is 3. The smallest absolute Gasteiger partial charge is 0.101 e. The average Bonchev–Trinajstić information content (AvgIpc) is 2.31. The third kappa shape index (κ3) is 3.56. The van der Waals surface area contributed by atoms with E-state index in [1.807, 2.05) is 31.2 Å². The van der Waals surface area contributed by atoms with E-state index in [1.165, 1.54) is 4.90 Å². The van der Waals surface area contributed by atoms with Gasteiger partial charge in [-0.3, -0.25) is 0 Å². The molecule has 2 N–H and O–H groups in total. The normalized spacial score (nSPS) is 10.5. The number of benzene rings is 1. The minimum Gasteiger partial charge on any atom is -0.326 e. The highest BCUT2D eigenvalue weighted by Crippen LogP contribution is 2.28. The SMILES string of the molecule is Cc1cc(CN)cc(Sc2ccc(Br)cc2)n1. The highest BCUT2D eigenvalue weighted by atomic mass is 79.9. The van der Waals surface area contributed by atoms with Crippen molar-refractivity contribution in [3.8, 4) is 0 Å². The summed E-state index contributed by atoms with van der Waals surface area (Å²) in [5, 5.41) is 0.993. The Morgan fingerprint density at radius 2 is 1.94 bits per heavy atom. The van der Waals surface area contributed by atoms with Crippen molar-refractivity contribution in [1.29, 1.82) is 0 Å². The second kappa shape index (κ2) is 5.67. The summed E-state index contributed by atoms with van der Waals surface area (Å²) in [6.45, 7) is 2.54. The fourth-order valence-corrected chi connectivity index (χ4v) is 2.68. The van der Waals surface area contributed by atoms with Crippen LogP contribution >= 0.6 is 27.7 Å². The van der Waals surface area contributed by atoms with E-state index in [1.54, 1.807) is 11.8 Å². The van der Waals surface area contributed by atoms with Gasteiger partial charge in [0, 0.05) is 21.6 Å². The molecule has 1 aromatic carbocycles. The summed E-state index contributed by atoms with van der Waals surface area (Å²) in [6, 6.07) is 12.3. The molecule has 0 unspecified atom stereocenters. The second-order valence-electron chi connectivity index (χ2n) is 3.72. The van der Waals surface area contributed by atoms with Crippen LogP contribution in [0.1, 0.15) is 11.3 Å². The number of nitrogens with two attached hydrogens (primary N) is 1. The summed E-state index contributed by atoms with van der Waals surface area (Å²) in [6.07, 6.45) is 0. The number of aromatic nitrogens is 1. The number of nitrogens with zero attached hydrogens (tertiary/aromatic N) is 1. The molecule has 0 atom stereocenters. The van der Waals surface area contributed by atoms with Gasteiger partial charge in [-0.1, -0.05) is 27.7 Å². The highest BCUT2D eigenvalue weighted by Gasteiger charge is 2.02. The van der Waals surface area contributed by atoms with Crippen LogP contribution in [0.5, 0.6) is 0 Å². The fourth-order valence-electron chi connectivity index (χ4n) is 1.50. The van der Waals surface area contributed by atoms with Crippen LogP contribution in [0.15, 0.2) is 50.8 Å². The first kappa shape index (κ1) is 12.6. The van der Waals surface area contributed by atoms with E-state index in [2.05, 4.69) is 33.0 Å². The van der Waals surface area contributed by atoms with Crippen LogP contribution in [0.25, 0.3) is 0 Å². The molecule has 2 rings (SSSR count). The number of aryl methyl sites for hydroxylation is 1. The molecule has 0 spiro atoms. The van der Waals surface area contributed by atoms with Gasteiger partial charge >= 0.3 is 0 Å².